The highest BCUT2D eigenvalue weighted by Gasteiger charge is 2.16. The van der Waals surface area contributed by atoms with Crippen LogP contribution in [0.2, 0.25) is 0 Å². The molecule has 0 saturated heterocycles. The minimum atomic E-state index is -0.0246. The van der Waals surface area contributed by atoms with E-state index in [9.17, 15) is 4.79 Å². The molecule has 2 aromatic heterocycles. The zero-order chi connectivity index (χ0) is 22.5. The zero-order valence-electron chi connectivity index (χ0n) is 18.6. The van der Waals surface area contributed by atoms with E-state index in [1.54, 1.807) is 0 Å². The molecule has 1 N–H and O–H groups in total. The number of nitrogens with one attached hydrogen (secondary N) is 1. The van der Waals surface area contributed by atoms with E-state index in [1.165, 1.54) is 0 Å². The molecule has 0 fully saturated rings. The number of carbonyl (C=O) groups excluding carboxylic acids is 1. The number of benzene rings is 2. The van der Waals surface area contributed by atoms with E-state index in [4.69, 9.17) is 0 Å². The molecule has 32 heavy (non-hydrogen) atoms. The molecule has 0 bridgehead atoms. The normalized spacial score (nSPS) is 11.2. The van der Waals surface area contributed by atoms with Gasteiger partial charge in [0.2, 0.25) is 11.6 Å². The lowest BCUT2D eigenvalue weighted by atomic mass is 9.98. The fraction of sp³-hybridized carbons (Fsp3) is 0.333. The maximum atomic E-state index is 12.1. The van der Waals surface area contributed by atoms with Crippen molar-refractivity contribution in [2.75, 3.05) is 0 Å². The smallest absolute Gasteiger partial charge is 0.217 e. The number of aromatic nitrogens is 7. The topological polar surface area (TPSA) is 102 Å². The van der Waals surface area contributed by atoms with Crippen molar-refractivity contribution in [3.8, 4) is 22.5 Å². The van der Waals surface area contributed by atoms with E-state index in [0.29, 0.717) is 30.4 Å². The van der Waals surface area contributed by atoms with Crippen LogP contribution in [-0.2, 0) is 13.0 Å². The number of Topliss-reactive ketones (excluding diaryl/α,β-unsaturated/α-hetero) is 1. The Hall–Kier alpha value is -3.68. The summed E-state index contributed by atoms with van der Waals surface area (Å²) in [6, 6.07) is 16.4. The van der Waals surface area contributed by atoms with Crippen LogP contribution in [0.15, 0.2) is 48.5 Å². The summed E-state index contributed by atoms with van der Waals surface area (Å²) < 4.78 is 1.89. The number of hydrogen-bond acceptors (Lipinski definition) is 6. The Labute approximate surface area is 187 Å². The summed E-state index contributed by atoms with van der Waals surface area (Å²) in [5.41, 5.74) is 4.18. The van der Waals surface area contributed by atoms with E-state index in [-0.39, 0.29) is 5.78 Å². The molecule has 8 heteroatoms. The molecule has 0 aliphatic rings. The van der Waals surface area contributed by atoms with E-state index < -0.39 is 0 Å². The molecule has 0 aliphatic carbocycles. The molecular formula is C24H27N7O. The van der Waals surface area contributed by atoms with Crippen LogP contribution in [-0.4, -0.2) is 41.2 Å². The average molecular weight is 430 g/mol. The van der Waals surface area contributed by atoms with Crippen molar-refractivity contribution in [2.45, 2.75) is 46.6 Å². The van der Waals surface area contributed by atoms with Gasteiger partial charge in [-0.25, -0.2) is 14.8 Å². The van der Waals surface area contributed by atoms with Gasteiger partial charge in [0.15, 0.2) is 5.82 Å². The standard InChI is InChI=1S/C24H27N7O/c1-4-21(32)24-25-22(31(28-24)14-13-16(2)3)15-17-9-11-18(12-10-17)19-7-5-6-8-20(19)23-26-29-30-27-23/h5-12,16H,4,13-15H2,1-3H3,(H,26,27,29,30). The van der Waals surface area contributed by atoms with E-state index in [0.717, 1.165) is 41.0 Å². The van der Waals surface area contributed by atoms with Crippen molar-refractivity contribution in [3.05, 3.63) is 65.7 Å². The first-order valence-electron chi connectivity index (χ1n) is 10.9. The van der Waals surface area contributed by atoms with Crippen LogP contribution in [0.3, 0.4) is 0 Å². The molecule has 0 aliphatic heterocycles. The Balaban J connectivity index is 1.59. The Kier molecular flexibility index (Phi) is 6.49. The molecule has 164 valence electrons. The monoisotopic (exact) mass is 429 g/mol. The first kappa shape index (κ1) is 21.5. The lowest BCUT2D eigenvalue weighted by Gasteiger charge is -2.10. The molecule has 4 rings (SSSR count). The second kappa shape index (κ2) is 9.64. The lowest BCUT2D eigenvalue weighted by molar-refractivity contribution is 0.0978. The van der Waals surface area contributed by atoms with Gasteiger partial charge in [0.1, 0.15) is 5.82 Å². The highest BCUT2D eigenvalue weighted by Crippen LogP contribution is 2.30. The number of H-pyrrole nitrogens is 1. The van der Waals surface area contributed by atoms with E-state index >= 15 is 0 Å². The quantitative estimate of drug-likeness (QED) is 0.397. The number of aryl methyl sites for hydroxylation is 1. The SMILES string of the molecule is CCC(=O)c1nc(Cc2ccc(-c3ccccc3-c3nnn[nH]3)cc2)n(CCC(C)C)n1. The molecule has 0 radical (unpaired) electrons. The Morgan fingerprint density at radius 2 is 1.81 bits per heavy atom. The molecule has 2 heterocycles. The van der Waals surface area contributed by atoms with Crippen molar-refractivity contribution >= 4 is 5.78 Å². The van der Waals surface area contributed by atoms with Crippen LogP contribution >= 0.6 is 0 Å². The van der Waals surface area contributed by atoms with E-state index in [1.807, 2.05) is 29.8 Å². The molecule has 0 spiro atoms. The minimum Gasteiger partial charge on any atom is -0.291 e. The number of nitrogens with zero attached hydrogens (tertiary/aromatic N) is 6. The van der Waals surface area contributed by atoms with Crippen LogP contribution in [0, 0.1) is 5.92 Å². The molecular weight excluding hydrogens is 402 g/mol. The van der Waals surface area contributed by atoms with Crippen LogP contribution in [0.4, 0.5) is 0 Å². The number of hydrogen-bond donors (Lipinski definition) is 1. The van der Waals surface area contributed by atoms with Gasteiger partial charge in [-0.05, 0) is 39.5 Å². The van der Waals surface area contributed by atoms with Gasteiger partial charge >= 0.3 is 0 Å². The average Bonchev–Trinajstić information content (AvgIpc) is 3.48. The van der Waals surface area contributed by atoms with Gasteiger partial charge in [-0.15, -0.1) is 10.2 Å². The van der Waals surface area contributed by atoms with Crippen LogP contribution < -0.4 is 0 Å². The van der Waals surface area contributed by atoms with Crippen LogP contribution in [0.1, 0.15) is 55.6 Å². The third-order valence-corrected chi connectivity index (χ3v) is 5.39. The number of carbonyl (C=O) groups is 1. The van der Waals surface area contributed by atoms with E-state index in [2.05, 4.69) is 74.9 Å². The van der Waals surface area contributed by atoms with Gasteiger partial charge in [-0.1, -0.05) is 69.3 Å². The first-order valence-corrected chi connectivity index (χ1v) is 10.9. The summed E-state index contributed by atoms with van der Waals surface area (Å²) in [5, 5.41) is 18.7. The van der Waals surface area contributed by atoms with Gasteiger partial charge in [-0.3, -0.25) is 4.79 Å². The molecule has 8 nitrogen and oxygen atoms in total. The van der Waals surface area contributed by atoms with Crippen molar-refractivity contribution < 1.29 is 4.79 Å². The van der Waals surface area contributed by atoms with Crippen molar-refractivity contribution in [2.24, 2.45) is 5.92 Å². The third-order valence-electron chi connectivity index (χ3n) is 5.39. The third kappa shape index (κ3) is 4.80. The molecule has 0 atom stereocenters. The van der Waals surface area contributed by atoms with Gasteiger partial charge in [0.05, 0.1) is 0 Å². The Morgan fingerprint density at radius 3 is 2.47 bits per heavy atom. The Bertz CT molecular complexity index is 1180. The summed E-state index contributed by atoms with van der Waals surface area (Å²) >= 11 is 0. The Morgan fingerprint density at radius 1 is 1.06 bits per heavy atom. The molecule has 0 amide bonds. The summed E-state index contributed by atoms with van der Waals surface area (Å²) in [5.74, 6) is 2.30. The number of aromatic amines is 1. The summed E-state index contributed by atoms with van der Waals surface area (Å²) in [6.45, 7) is 6.95. The van der Waals surface area contributed by atoms with Gasteiger partial charge < -0.3 is 0 Å². The van der Waals surface area contributed by atoms with Gasteiger partial charge in [0.25, 0.3) is 0 Å². The fourth-order valence-electron chi connectivity index (χ4n) is 3.54. The highest BCUT2D eigenvalue weighted by atomic mass is 16.1. The summed E-state index contributed by atoms with van der Waals surface area (Å²) in [4.78, 5) is 16.7. The summed E-state index contributed by atoms with van der Waals surface area (Å²) in [6.07, 6.45) is 2.01. The van der Waals surface area contributed by atoms with Crippen LogP contribution in [0.25, 0.3) is 22.5 Å². The molecule has 0 saturated carbocycles. The maximum absolute atomic E-state index is 12.1. The van der Waals surface area contributed by atoms with Crippen molar-refractivity contribution in [3.63, 3.8) is 0 Å². The maximum Gasteiger partial charge on any atom is 0.217 e. The van der Waals surface area contributed by atoms with Crippen molar-refractivity contribution in [1.29, 1.82) is 0 Å². The van der Waals surface area contributed by atoms with Gasteiger partial charge in [0, 0.05) is 24.9 Å². The molecule has 0 unspecified atom stereocenters. The summed E-state index contributed by atoms with van der Waals surface area (Å²) in [7, 11) is 0. The number of tetrazole rings is 1. The van der Waals surface area contributed by atoms with Gasteiger partial charge in [-0.2, -0.15) is 0 Å². The second-order valence-electron chi connectivity index (χ2n) is 8.20. The zero-order valence-corrected chi connectivity index (χ0v) is 18.6. The predicted molar refractivity (Wildman–Crippen MR) is 122 cm³/mol. The molecule has 4 aromatic rings. The first-order chi connectivity index (χ1) is 15.5. The minimum absolute atomic E-state index is 0.0246. The highest BCUT2D eigenvalue weighted by molar-refractivity contribution is 5.92. The lowest BCUT2D eigenvalue weighted by Crippen LogP contribution is -2.09. The predicted octanol–water partition coefficient (Wildman–Crippen LogP) is 4.35. The van der Waals surface area contributed by atoms with Crippen LogP contribution in [0.5, 0.6) is 0 Å². The number of ketones is 1. The fourth-order valence-corrected chi connectivity index (χ4v) is 3.54. The second-order valence-corrected chi connectivity index (χ2v) is 8.20. The largest absolute Gasteiger partial charge is 0.291 e. The van der Waals surface area contributed by atoms with Crippen molar-refractivity contribution in [1.82, 2.24) is 35.4 Å². The molecule has 2 aromatic carbocycles. The number of rotatable bonds is 9.